The van der Waals surface area contributed by atoms with Crippen LogP contribution in [0.4, 0.5) is 0 Å². The molecule has 1 aliphatic rings. The highest BCUT2D eigenvalue weighted by Gasteiger charge is 2.67. The molecule has 1 aliphatic carbocycles. The van der Waals surface area contributed by atoms with Gasteiger partial charge in [0, 0.05) is 0 Å². The lowest BCUT2D eigenvalue weighted by atomic mass is 10.00. The quantitative estimate of drug-likeness (QED) is 0.390. The number of unbranched alkanes of at least 4 members (excludes halogenated alkanes) is 3. The molecule has 0 N–H and O–H groups in total. The van der Waals surface area contributed by atoms with Gasteiger partial charge in [-0.3, -0.25) is 9.59 Å². The zero-order chi connectivity index (χ0) is 12.9. The highest BCUT2D eigenvalue weighted by atomic mass is 16.5. The fourth-order valence-corrected chi connectivity index (χ4v) is 2.44. The van der Waals surface area contributed by atoms with Gasteiger partial charge in [-0.2, -0.15) is 0 Å². The normalized spacial score (nSPS) is 20.8. The van der Waals surface area contributed by atoms with E-state index in [0.717, 1.165) is 19.3 Å². The zero-order valence-electron chi connectivity index (χ0n) is 11.0. The summed E-state index contributed by atoms with van der Waals surface area (Å²) in [6.45, 7) is 2.16. The van der Waals surface area contributed by atoms with Crippen molar-refractivity contribution in [3.8, 4) is 0 Å². The van der Waals surface area contributed by atoms with Crippen LogP contribution in [-0.2, 0) is 19.1 Å². The number of ether oxygens (including phenoxy) is 2. The van der Waals surface area contributed by atoms with E-state index < -0.39 is 17.4 Å². The Morgan fingerprint density at radius 2 is 1.71 bits per heavy atom. The summed E-state index contributed by atoms with van der Waals surface area (Å²) in [4.78, 5) is 23.3. The van der Waals surface area contributed by atoms with Crippen molar-refractivity contribution in [1.29, 1.82) is 0 Å². The van der Waals surface area contributed by atoms with Crippen LogP contribution in [0.2, 0.25) is 0 Å². The SMILES string of the molecule is CCCCCC[C@H]1CC1(C(=O)OC)C(=O)OC. The van der Waals surface area contributed by atoms with E-state index in [0.29, 0.717) is 6.42 Å². The van der Waals surface area contributed by atoms with Crippen molar-refractivity contribution in [1.82, 2.24) is 0 Å². The molecular weight excluding hydrogens is 220 g/mol. The number of carbonyl (C=O) groups is 2. The van der Waals surface area contributed by atoms with Crippen molar-refractivity contribution < 1.29 is 19.1 Å². The second-order valence-electron chi connectivity index (χ2n) is 4.70. The summed E-state index contributed by atoms with van der Waals surface area (Å²) in [5, 5.41) is 0. The molecule has 0 unspecified atom stereocenters. The molecule has 0 amide bonds. The minimum absolute atomic E-state index is 0.110. The van der Waals surface area contributed by atoms with Crippen molar-refractivity contribution >= 4 is 11.9 Å². The number of methoxy groups -OCH3 is 2. The van der Waals surface area contributed by atoms with Gasteiger partial charge in [-0.25, -0.2) is 0 Å². The Balaban J connectivity index is 2.49. The van der Waals surface area contributed by atoms with Crippen LogP contribution >= 0.6 is 0 Å². The first-order valence-electron chi connectivity index (χ1n) is 6.30. The van der Waals surface area contributed by atoms with E-state index in [9.17, 15) is 9.59 Å². The van der Waals surface area contributed by atoms with Gasteiger partial charge in [0.2, 0.25) is 0 Å². The summed E-state index contributed by atoms with van der Waals surface area (Å²) < 4.78 is 9.44. The zero-order valence-corrected chi connectivity index (χ0v) is 11.0. The third-order valence-corrected chi connectivity index (χ3v) is 3.61. The van der Waals surface area contributed by atoms with Gasteiger partial charge in [-0.1, -0.05) is 32.6 Å². The van der Waals surface area contributed by atoms with Crippen LogP contribution in [0.1, 0.15) is 45.4 Å². The maximum absolute atomic E-state index is 11.7. The predicted octanol–water partition coefficient (Wildman–Crippen LogP) is 2.31. The number of hydrogen-bond acceptors (Lipinski definition) is 4. The lowest BCUT2D eigenvalue weighted by Crippen LogP contribution is -2.30. The van der Waals surface area contributed by atoms with Gasteiger partial charge < -0.3 is 9.47 Å². The molecule has 1 atom stereocenters. The van der Waals surface area contributed by atoms with E-state index in [1.54, 1.807) is 0 Å². The minimum atomic E-state index is -0.990. The van der Waals surface area contributed by atoms with Gasteiger partial charge in [0.15, 0.2) is 5.41 Å². The van der Waals surface area contributed by atoms with Crippen molar-refractivity contribution in [2.24, 2.45) is 11.3 Å². The Bertz CT molecular complexity index is 269. The molecule has 0 bridgehead atoms. The summed E-state index contributed by atoms with van der Waals surface area (Å²) in [6, 6.07) is 0. The molecule has 4 heteroatoms. The smallest absolute Gasteiger partial charge is 0.323 e. The van der Waals surface area contributed by atoms with Crippen LogP contribution in [0, 0.1) is 11.3 Å². The first-order valence-corrected chi connectivity index (χ1v) is 6.30. The van der Waals surface area contributed by atoms with Crippen molar-refractivity contribution in [3.63, 3.8) is 0 Å². The molecule has 0 aromatic carbocycles. The van der Waals surface area contributed by atoms with Crippen LogP contribution in [0.3, 0.4) is 0 Å². The number of esters is 2. The number of hydrogen-bond donors (Lipinski definition) is 0. The van der Waals surface area contributed by atoms with Crippen LogP contribution in [0.5, 0.6) is 0 Å². The second-order valence-corrected chi connectivity index (χ2v) is 4.70. The predicted molar refractivity (Wildman–Crippen MR) is 63.3 cm³/mol. The Morgan fingerprint density at radius 3 is 2.18 bits per heavy atom. The third kappa shape index (κ3) is 2.79. The van der Waals surface area contributed by atoms with Crippen LogP contribution < -0.4 is 0 Å². The van der Waals surface area contributed by atoms with Gasteiger partial charge >= 0.3 is 11.9 Å². The monoisotopic (exact) mass is 242 g/mol. The lowest BCUT2D eigenvalue weighted by molar-refractivity contribution is -0.162. The maximum atomic E-state index is 11.7. The van der Waals surface area contributed by atoms with Crippen LogP contribution in [0.15, 0.2) is 0 Å². The molecule has 0 radical (unpaired) electrons. The van der Waals surface area contributed by atoms with E-state index in [1.165, 1.54) is 27.1 Å². The van der Waals surface area contributed by atoms with E-state index in [1.807, 2.05) is 0 Å². The van der Waals surface area contributed by atoms with Gasteiger partial charge in [0.05, 0.1) is 14.2 Å². The van der Waals surface area contributed by atoms with E-state index >= 15 is 0 Å². The molecule has 98 valence electrons. The summed E-state index contributed by atoms with van der Waals surface area (Å²) in [5.74, 6) is -0.770. The third-order valence-electron chi connectivity index (χ3n) is 3.61. The first-order chi connectivity index (χ1) is 8.13. The molecule has 4 nitrogen and oxygen atoms in total. The summed E-state index contributed by atoms with van der Waals surface area (Å²) in [7, 11) is 2.64. The molecule has 0 aromatic heterocycles. The Morgan fingerprint density at radius 1 is 1.12 bits per heavy atom. The van der Waals surface area contributed by atoms with Gasteiger partial charge in [-0.05, 0) is 18.8 Å². The number of carbonyl (C=O) groups excluding carboxylic acids is 2. The van der Waals surface area contributed by atoms with E-state index in [4.69, 9.17) is 9.47 Å². The summed E-state index contributed by atoms with van der Waals surface area (Å²) in [6.07, 6.45) is 6.10. The molecule has 17 heavy (non-hydrogen) atoms. The highest BCUT2D eigenvalue weighted by Crippen LogP contribution is 2.56. The van der Waals surface area contributed by atoms with Crippen LogP contribution in [0.25, 0.3) is 0 Å². The molecule has 0 spiro atoms. The molecule has 0 saturated heterocycles. The Labute approximate surface area is 103 Å². The van der Waals surface area contributed by atoms with Crippen LogP contribution in [-0.4, -0.2) is 26.2 Å². The molecule has 0 aliphatic heterocycles. The average molecular weight is 242 g/mol. The Kier molecular flexibility index (Phi) is 4.97. The Hall–Kier alpha value is -1.06. The molecule has 0 aromatic rings. The largest absolute Gasteiger partial charge is 0.468 e. The summed E-state index contributed by atoms with van der Waals surface area (Å²) >= 11 is 0. The lowest BCUT2D eigenvalue weighted by Gasteiger charge is -2.12. The van der Waals surface area contributed by atoms with Crippen molar-refractivity contribution in [2.45, 2.75) is 45.4 Å². The summed E-state index contributed by atoms with van der Waals surface area (Å²) in [5.41, 5.74) is -0.990. The second kappa shape index (κ2) is 6.03. The van der Waals surface area contributed by atoms with Gasteiger partial charge in [-0.15, -0.1) is 0 Å². The van der Waals surface area contributed by atoms with Gasteiger partial charge in [0.25, 0.3) is 0 Å². The number of rotatable bonds is 7. The fraction of sp³-hybridized carbons (Fsp3) is 0.846. The minimum Gasteiger partial charge on any atom is -0.468 e. The molecule has 1 saturated carbocycles. The standard InChI is InChI=1S/C13H22O4/c1-4-5-6-7-8-10-9-13(10,11(14)16-2)12(15)17-3/h10H,4-9H2,1-3H3/t10-/m0/s1. The van der Waals surface area contributed by atoms with Gasteiger partial charge in [0.1, 0.15) is 0 Å². The molecule has 0 heterocycles. The van der Waals surface area contributed by atoms with Crippen molar-refractivity contribution in [2.75, 3.05) is 14.2 Å². The molecule has 1 rings (SSSR count). The van der Waals surface area contributed by atoms with Crippen molar-refractivity contribution in [3.05, 3.63) is 0 Å². The highest BCUT2D eigenvalue weighted by molar-refractivity contribution is 6.03. The topological polar surface area (TPSA) is 52.6 Å². The first kappa shape index (κ1) is 14.0. The maximum Gasteiger partial charge on any atom is 0.323 e. The molecule has 1 fully saturated rings. The average Bonchev–Trinajstić information content (AvgIpc) is 3.08. The fourth-order valence-electron chi connectivity index (χ4n) is 2.44. The molecular formula is C13H22O4. The van der Waals surface area contributed by atoms with E-state index in [2.05, 4.69) is 6.92 Å². The van der Waals surface area contributed by atoms with E-state index in [-0.39, 0.29) is 5.92 Å².